The van der Waals surface area contributed by atoms with Gasteiger partial charge in [-0.3, -0.25) is 0 Å². The number of aliphatic hydroxyl groups is 1. The largest absolute Gasteiger partial charge is 0.385 e. The number of hydrogen-bond donors (Lipinski definition) is 1. The van der Waals surface area contributed by atoms with Gasteiger partial charge in [-0.25, -0.2) is 4.68 Å². The van der Waals surface area contributed by atoms with Crippen LogP contribution in [0.15, 0.2) is 60.9 Å². The van der Waals surface area contributed by atoms with Crippen molar-refractivity contribution < 1.29 is 5.11 Å². The number of aromatic nitrogens is 3. The maximum absolute atomic E-state index is 11.1. The fraction of sp³-hybridized carbons (Fsp3) is 0.304. The SMILES string of the molecule is Cc1ccccc1/C=C(\C(O)C(Cl)C1CC1)n1ncn(Cc2ccccc2)c1=S. The van der Waals surface area contributed by atoms with E-state index in [1.165, 1.54) is 0 Å². The number of nitrogens with zero attached hydrogens (tertiary/aromatic N) is 3. The standard InChI is InChI=1S/C23H24ClN3OS/c1-16-7-5-6-10-19(16)13-20(22(28)21(24)18-11-12-18)27-23(29)26(15-25-27)14-17-8-3-2-4-9-17/h2-10,13,15,18,21-22,28H,11-12,14H2,1H3/b20-13+. The van der Waals surface area contributed by atoms with E-state index in [4.69, 9.17) is 23.8 Å². The van der Waals surface area contributed by atoms with E-state index in [0.29, 0.717) is 22.9 Å². The number of alkyl halides is 1. The molecule has 1 aliphatic carbocycles. The van der Waals surface area contributed by atoms with E-state index in [2.05, 4.69) is 17.2 Å². The molecule has 1 fully saturated rings. The number of benzene rings is 2. The third-order valence-corrected chi connectivity index (χ3v) is 6.35. The average Bonchev–Trinajstić information content (AvgIpc) is 3.53. The zero-order valence-electron chi connectivity index (χ0n) is 16.3. The second-order valence-electron chi connectivity index (χ2n) is 7.59. The van der Waals surface area contributed by atoms with Crippen molar-refractivity contribution in [2.45, 2.75) is 37.8 Å². The van der Waals surface area contributed by atoms with E-state index in [0.717, 1.165) is 29.5 Å². The van der Waals surface area contributed by atoms with Gasteiger partial charge in [0.05, 0.1) is 17.6 Å². The summed E-state index contributed by atoms with van der Waals surface area (Å²) in [6, 6.07) is 18.2. The molecule has 1 heterocycles. The molecule has 0 amide bonds. The van der Waals surface area contributed by atoms with E-state index in [-0.39, 0.29) is 5.38 Å². The quantitative estimate of drug-likeness (QED) is 0.420. The minimum atomic E-state index is -0.851. The Hall–Kier alpha value is -2.21. The van der Waals surface area contributed by atoms with Crippen molar-refractivity contribution in [3.63, 3.8) is 0 Å². The van der Waals surface area contributed by atoms with Gasteiger partial charge in [0.15, 0.2) is 0 Å². The van der Waals surface area contributed by atoms with Crippen molar-refractivity contribution in [3.05, 3.63) is 82.4 Å². The molecule has 1 saturated carbocycles. The molecule has 3 aromatic rings. The van der Waals surface area contributed by atoms with E-state index >= 15 is 0 Å². The minimum Gasteiger partial charge on any atom is -0.385 e. The lowest BCUT2D eigenvalue weighted by molar-refractivity contribution is 0.211. The number of aliphatic hydroxyl groups excluding tert-OH is 1. The second kappa shape index (κ2) is 8.66. The van der Waals surface area contributed by atoms with Crippen LogP contribution in [0.1, 0.15) is 29.5 Å². The molecule has 1 aliphatic rings. The summed E-state index contributed by atoms with van der Waals surface area (Å²) in [5.74, 6) is 0.340. The zero-order chi connectivity index (χ0) is 20.4. The Kier molecular flexibility index (Phi) is 5.99. The molecule has 2 atom stereocenters. The Balaban J connectivity index is 1.73. The summed E-state index contributed by atoms with van der Waals surface area (Å²) in [6.45, 7) is 2.67. The first-order valence-electron chi connectivity index (χ1n) is 9.82. The number of aryl methyl sites for hydroxylation is 1. The van der Waals surface area contributed by atoms with Gasteiger partial charge >= 0.3 is 0 Å². The van der Waals surface area contributed by atoms with Gasteiger partial charge in [0.2, 0.25) is 4.77 Å². The van der Waals surface area contributed by atoms with Crippen LogP contribution in [0.2, 0.25) is 0 Å². The lowest BCUT2D eigenvalue weighted by atomic mass is 10.0. The van der Waals surface area contributed by atoms with Crippen LogP contribution >= 0.6 is 23.8 Å². The molecule has 1 N–H and O–H groups in total. The predicted molar refractivity (Wildman–Crippen MR) is 120 cm³/mol. The van der Waals surface area contributed by atoms with Crippen LogP contribution < -0.4 is 0 Å². The van der Waals surface area contributed by atoms with Crippen molar-refractivity contribution >= 4 is 35.6 Å². The fourth-order valence-corrected chi connectivity index (χ4v) is 4.06. The van der Waals surface area contributed by atoms with Crippen LogP contribution in [0.5, 0.6) is 0 Å². The molecule has 0 aliphatic heterocycles. The van der Waals surface area contributed by atoms with Crippen LogP contribution in [-0.2, 0) is 6.54 Å². The van der Waals surface area contributed by atoms with E-state index in [1.807, 2.05) is 60.0 Å². The van der Waals surface area contributed by atoms with Crippen molar-refractivity contribution in [3.8, 4) is 0 Å². The molecule has 4 rings (SSSR count). The Bertz CT molecular complexity index is 1070. The van der Waals surface area contributed by atoms with Gasteiger partial charge in [-0.15, -0.1) is 11.6 Å². The maximum atomic E-state index is 11.1. The topological polar surface area (TPSA) is 43.0 Å². The highest BCUT2D eigenvalue weighted by Gasteiger charge is 2.37. The monoisotopic (exact) mass is 425 g/mol. The van der Waals surface area contributed by atoms with Gasteiger partial charge in [0.25, 0.3) is 0 Å². The summed E-state index contributed by atoms with van der Waals surface area (Å²) in [5.41, 5.74) is 3.88. The molecule has 6 heteroatoms. The fourth-order valence-electron chi connectivity index (χ4n) is 3.42. The normalized spacial score (nSPS) is 16.6. The summed E-state index contributed by atoms with van der Waals surface area (Å²) in [6.07, 6.45) is 4.92. The minimum absolute atomic E-state index is 0.340. The summed E-state index contributed by atoms with van der Waals surface area (Å²) < 4.78 is 4.09. The number of rotatable bonds is 7. The van der Waals surface area contributed by atoms with Crippen LogP contribution in [-0.4, -0.2) is 30.9 Å². The summed E-state index contributed by atoms with van der Waals surface area (Å²) >= 11 is 12.3. The summed E-state index contributed by atoms with van der Waals surface area (Å²) in [4.78, 5) is 0. The zero-order valence-corrected chi connectivity index (χ0v) is 17.9. The molecular formula is C23H24ClN3OS. The average molecular weight is 426 g/mol. The Morgan fingerprint density at radius 1 is 1.21 bits per heavy atom. The van der Waals surface area contributed by atoms with Crippen LogP contribution in [0.4, 0.5) is 0 Å². The molecule has 0 radical (unpaired) electrons. The molecule has 2 unspecified atom stereocenters. The predicted octanol–water partition coefficient (Wildman–Crippen LogP) is 5.15. The van der Waals surface area contributed by atoms with Gasteiger partial charge in [0, 0.05) is 0 Å². The molecule has 0 bridgehead atoms. The van der Waals surface area contributed by atoms with Gasteiger partial charge in [-0.05, 0) is 60.7 Å². The third-order valence-electron chi connectivity index (χ3n) is 5.34. The van der Waals surface area contributed by atoms with Gasteiger partial charge in [-0.2, -0.15) is 5.10 Å². The molecular weight excluding hydrogens is 402 g/mol. The van der Waals surface area contributed by atoms with Crippen LogP contribution in [0.25, 0.3) is 11.8 Å². The third kappa shape index (κ3) is 4.53. The Morgan fingerprint density at radius 2 is 1.90 bits per heavy atom. The smallest absolute Gasteiger partial charge is 0.202 e. The summed E-state index contributed by atoms with van der Waals surface area (Å²) in [7, 11) is 0. The van der Waals surface area contributed by atoms with E-state index in [9.17, 15) is 5.11 Å². The summed E-state index contributed by atoms with van der Waals surface area (Å²) in [5, 5.41) is 15.3. The number of hydrogen-bond acceptors (Lipinski definition) is 3. The van der Waals surface area contributed by atoms with Crippen molar-refractivity contribution in [1.29, 1.82) is 0 Å². The second-order valence-corrected chi connectivity index (χ2v) is 8.46. The molecule has 29 heavy (non-hydrogen) atoms. The van der Waals surface area contributed by atoms with Gasteiger partial charge in [-0.1, -0.05) is 54.6 Å². The number of halogens is 1. The van der Waals surface area contributed by atoms with Crippen molar-refractivity contribution in [2.24, 2.45) is 5.92 Å². The van der Waals surface area contributed by atoms with Crippen molar-refractivity contribution in [2.75, 3.05) is 0 Å². The maximum Gasteiger partial charge on any atom is 0.202 e. The highest BCUT2D eigenvalue weighted by Crippen LogP contribution is 2.39. The highest BCUT2D eigenvalue weighted by molar-refractivity contribution is 7.71. The van der Waals surface area contributed by atoms with Gasteiger partial charge < -0.3 is 9.67 Å². The van der Waals surface area contributed by atoms with Crippen LogP contribution in [0.3, 0.4) is 0 Å². The Morgan fingerprint density at radius 3 is 2.59 bits per heavy atom. The lowest BCUT2D eigenvalue weighted by Gasteiger charge is -2.20. The first-order chi connectivity index (χ1) is 14.0. The van der Waals surface area contributed by atoms with Gasteiger partial charge in [0.1, 0.15) is 12.4 Å². The lowest BCUT2D eigenvalue weighted by Crippen LogP contribution is -2.27. The first-order valence-corrected chi connectivity index (χ1v) is 10.7. The van der Waals surface area contributed by atoms with Crippen molar-refractivity contribution in [1.82, 2.24) is 14.3 Å². The van der Waals surface area contributed by atoms with Crippen LogP contribution in [0, 0.1) is 17.6 Å². The van der Waals surface area contributed by atoms with E-state index in [1.54, 1.807) is 11.0 Å². The molecule has 150 valence electrons. The molecule has 1 aromatic heterocycles. The van der Waals surface area contributed by atoms with E-state index < -0.39 is 6.10 Å². The Labute approximate surface area is 181 Å². The molecule has 0 spiro atoms. The molecule has 0 saturated heterocycles. The first kappa shape index (κ1) is 20.1. The highest BCUT2D eigenvalue weighted by atomic mass is 35.5. The molecule has 2 aromatic carbocycles. The molecule has 4 nitrogen and oxygen atoms in total.